The molecule has 218 valence electrons. The molecule has 8 nitrogen and oxygen atoms in total. The first-order valence-corrected chi connectivity index (χ1v) is 14.4. The van der Waals surface area contributed by atoms with Gasteiger partial charge in [0.1, 0.15) is 24.7 Å². The molecule has 0 spiro atoms. The standard InChI is InChI=1S/C34H37N3O5/c1-7-36(8-2)24-16-17-27(29(21-24)40-19-20-41-32(38)22(4)5)34(31-26(33(39)42-34)14-12-18-35-31)30-23(6)37(9-3)28-15-11-10-13-25(28)30/h10-18,21H,4,7-9,19-20H2,1-3,5-6H3. The van der Waals surface area contributed by atoms with Crippen molar-refractivity contribution in [2.24, 2.45) is 0 Å². The van der Waals surface area contributed by atoms with Crippen molar-refractivity contribution in [3.05, 3.63) is 101 Å². The molecule has 1 atom stereocenters. The van der Waals surface area contributed by atoms with E-state index in [0.717, 1.165) is 47.5 Å². The van der Waals surface area contributed by atoms with Crippen LogP contribution in [0, 0.1) is 6.92 Å². The normalized spacial score (nSPS) is 15.8. The summed E-state index contributed by atoms with van der Waals surface area (Å²) in [6.07, 6.45) is 1.69. The molecule has 42 heavy (non-hydrogen) atoms. The molecule has 3 heterocycles. The van der Waals surface area contributed by atoms with Gasteiger partial charge in [0.2, 0.25) is 5.60 Å². The lowest BCUT2D eigenvalue weighted by Crippen LogP contribution is -2.32. The summed E-state index contributed by atoms with van der Waals surface area (Å²) in [4.78, 5) is 32.5. The number of anilines is 1. The van der Waals surface area contributed by atoms with Gasteiger partial charge in [-0.15, -0.1) is 0 Å². The Morgan fingerprint density at radius 1 is 1.07 bits per heavy atom. The van der Waals surface area contributed by atoms with Gasteiger partial charge in [0.05, 0.1) is 5.56 Å². The molecule has 8 heteroatoms. The lowest BCUT2D eigenvalue weighted by atomic mass is 9.80. The second kappa shape index (κ2) is 11.7. The van der Waals surface area contributed by atoms with Crippen LogP contribution in [0.4, 0.5) is 5.69 Å². The minimum Gasteiger partial charge on any atom is -0.489 e. The number of fused-ring (bicyclic) bond motifs is 2. The molecule has 0 fully saturated rings. The highest BCUT2D eigenvalue weighted by Crippen LogP contribution is 2.52. The molecular weight excluding hydrogens is 530 g/mol. The number of esters is 2. The SMILES string of the molecule is C=C(C)C(=O)OCCOc1cc(N(CC)CC)ccc1C1(c2c(C)n(CC)c3ccccc23)OC(=O)c2cccnc21. The number of carbonyl (C=O) groups excluding carboxylic acids is 2. The molecule has 1 aliphatic rings. The Kier molecular flexibility index (Phi) is 8.07. The van der Waals surface area contributed by atoms with E-state index < -0.39 is 17.5 Å². The Labute approximate surface area is 246 Å². The predicted octanol–water partition coefficient (Wildman–Crippen LogP) is 6.17. The molecule has 0 saturated carbocycles. The van der Waals surface area contributed by atoms with E-state index in [4.69, 9.17) is 19.2 Å². The van der Waals surface area contributed by atoms with Crippen molar-refractivity contribution in [1.82, 2.24) is 9.55 Å². The van der Waals surface area contributed by atoms with E-state index in [1.165, 1.54) is 0 Å². The summed E-state index contributed by atoms with van der Waals surface area (Å²) in [5.74, 6) is -0.400. The van der Waals surface area contributed by atoms with Crippen LogP contribution in [0.15, 0.2) is 72.9 Å². The number of hydrogen-bond acceptors (Lipinski definition) is 7. The van der Waals surface area contributed by atoms with Crippen molar-refractivity contribution < 1.29 is 23.8 Å². The molecule has 0 aliphatic carbocycles. The maximum absolute atomic E-state index is 13.5. The van der Waals surface area contributed by atoms with E-state index in [9.17, 15) is 9.59 Å². The summed E-state index contributed by atoms with van der Waals surface area (Å²) in [5.41, 5.74) is 4.36. The van der Waals surface area contributed by atoms with Crippen LogP contribution in [0.3, 0.4) is 0 Å². The molecule has 0 N–H and O–H groups in total. The fourth-order valence-corrected chi connectivity index (χ4v) is 5.98. The number of carbonyl (C=O) groups is 2. The molecule has 2 aromatic carbocycles. The molecule has 2 aromatic heterocycles. The Morgan fingerprint density at radius 2 is 1.83 bits per heavy atom. The number of pyridine rings is 1. The van der Waals surface area contributed by atoms with Gasteiger partial charge in [0.25, 0.3) is 0 Å². The van der Waals surface area contributed by atoms with Crippen molar-refractivity contribution in [2.45, 2.75) is 46.8 Å². The third-order valence-corrected chi connectivity index (χ3v) is 7.90. The van der Waals surface area contributed by atoms with E-state index in [2.05, 4.69) is 55.9 Å². The van der Waals surface area contributed by atoms with Crippen molar-refractivity contribution in [1.29, 1.82) is 0 Å². The van der Waals surface area contributed by atoms with Crippen LogP contribution < -0.4 is 9.64 Å². The highest BCUT2D eigenvalue weighted by molar-refractivity contribution is 5.98. The van der Waals surface area contributed by atoms with Crippen LogP contribution in [0.5, 0.6) is 5.75 Å². The fraction of sp³-hybridized carbons (Fsp3) is 0.324. The first kappa shape index (κ1) is 28.9. The Hall–Kier alpha value is -4.59. The number of benzene rings is 2. The molecule has 0 amide bonds. The zero-order valence-corrected chi connectivity index (χ0v) is 24.9. The van der Waals surface area contributed by atoms with Crippen LogP contribution in [-0.4, -0.2) is 47.8 Å². The average molecular weight is 568 g/mol. The third-order valence-electron chi connectivity index (χ3n) is 7.90. The number of aromatic nitrogens is 2. The van der Waals surface area contributed by atoms with E-state index in [1.807, 2.05) is 30.3 Å². The number of rotatable bonds is 11. The maximum atomic E-state index is 13.5. The number of aryl methyl sites for hydroxylation is 1. The van der Waals surface area contributed by atoms with Gasteiger partial charge in [0.15, 0.2) is 0 Å². The monoisotopic (exact) mass is 567 g/mol. The third kappa shape index (κ3) is 4.70. The summed E-state index contributed by atoms with van der Waals surface area (Å²) in [7, 11) is 0. The minimum absolute atomic E-state index is 0.0381. The summed E-state index contributed by atoms with van der Waals surface area (Å²) in [5, 5.41) is 0.970. The van der Waals surface area contributed by atoms with Gasteiger partial charge in [-0.3, -0.25) is 4.98 Å². The number of para-hydroxylation sites is 1. The van der Waals surface area contributed by atoms with Crippen LogP contribution >= 0.6 is 0 Å². The number of cyclic esters (lactones) is 1. The summed E-state index contributed by atoms with van der Waals surface area (Å²) in [6, 6.07) is 17.6. The fourth-order valence-electron chi connectivity index (χ4n) is 5.98. The van der Waals surface area contributed by atoms with E-state index in [-0.39, 0.29) is 13.2 Å². The molecule has 1 unspecified atom stereocenters. The van der Waals surface area contributed by atoms with Crippen molar-refractivity contribution >= 4 is 28.5 Å². The van der Waals surface area contributed by atoms with Crippen LogP contribution in [0.2, 0.25) is 0 Å². The molecule has 4 aromatic rings. The van der Waals surface area contributed by atoms with Crippen LogP contribution in [0.1, 0.15) is 60.6 Å². The van der Waals surface area contributed by atoms with Crippen molar-refractivity contribution in [3.63, 3.8) is 0 Å². The molecule has 0 radical (unpaired) electrons. The van der Waals surface area contributed by atoms with Gasteiger partial charge < -0.3 is 23.7 Å². The Balaban J connectivity index is 1.76. The first-order chi connectivity index (χ1) is 20.3. The Bertz CT molecular complexity index is 1670. The maximum Gasteiger partial charge on any atom is 0.341 e. The molecule has 0 saturated heterocycles. The summed E-state index contributed by atoms with van der Waals surface area (Å²) < 4.78 is 20.4. The van der Waals surface area contributed by atoms with E-state index in [0.29, 0.717) is 28.1 Å². The van der Waals surface area contributed by atoms with Gasteiger partial charge in [-0.1, -0.05) is 24.8 Å². The first-order valence-electron chi connectivity index (χ1n) is 14.4. The van der Waals surface area contributed by atoms with Crippen LogP contribution in [-0.2, 0) is 26.4 Å². The van der Waals surface area contributed by atoms with Gasteiger partial charge in [-0.25, -0.2) is 9.59 Å². The average Bonchev–Trinajstić information content (AvgIpc) is 3.46. The van der Waals surface area contributed by atoms with Crippen LogP contribution in [0.25, 0.3) is 10.9 Å². The topological polar surface area (TPSA) is 82.9 Å². The number of ether oxygens (including phenoxy) is 3. The van der Waals surface area contributed by atoms with Crippen molar-refractivity contribution in [2.75, 3.05) is 31.2 Å². The van der Waals surface area contributed by atoms with Gasteiger partial charge >= 0.3 is 11.9 Å². The van der Waals surface area contributed by atoms with Gasteiger partial charge in [-0.2, -0.15) is 0 Å². The number of nitrogens with zero attached hydrogens (tertiary/aromatic N) is 3. The predicted molar refractivity (Wildman–Crippen MR) is 163 cm³/mol. The lowest BCUT2D eigenvalue weighted by Gasteiger charge is -2.32. The largest absolute Gasteiger partial charge is 0.489 e. The quantitative estimate of drug-likeness (QED) is 0.122. The highest BCUT2D eigenvalue weighted by Gasteiger charge is 2.54. The highest BCUT2D eigenvalue weighted by atomic mass is 16.6. The second-order valence-corrected chi connectivity index (χ2v) is 10.3. The molecular formula is C34H37N3O5. The van der Waals surface area contributed by atoms with Crippen molar-refractivity contribution in [3.8, 4) is 5.75 Å². The zero-order chi connectivity index (χ0) is 30.0. The molecule has 1 aliphatic heterocycles. The van der Waals surface area contributed by atoms with E-state index in [1.54, 1.807) is 25.3 Å². The second-order valence-electron chi connectivity index (χ2n) is 10.3. The smallest absolute Gasteiger partial charge is 0.341 e. The van der Waals surface area contributed by atoms with E-state index >= 15 is 0 Å². The van der Waals surface area contributed by atoms with Gasteiger partial charge in [-0.05, 0) is 65.0 Å². The number of hydrogen-bond donors (Lipinski definition) is 0. The summed E-state index contributed by atoms with van der Waals surface area (Å²) >= 11 is 0. The summed E-state index contributed by atoms with van der Waals surface area (Å²) in [6.45, 7) is 16.1. The molecule has 5 rings (SSSR count). The Morgan fingerprint density at radius 3 is 2.55 bits per heavy atom. The zero-order valence-electron chi connectivity index (χ0n) is 24.9. The van der Waals surface area contributed by atoms with Gasteiger partial charge in [0, 0.05) is 70.9 Å². The minimum atomic E-state index is -1.37. The molecule has 0 bridgehead atoms. The lowest BCUT2D eigenvalue weighted by molar-refractivity contribution is -0.139.